The summed E-state index contributed by atoms with van der Waals surface area (Å²) in [5, 5.41) is 1.49. The maximum Gasteiger partial charge on any atom is 0.232 e. The molecule has 0 radical (unpaired) electrons. The molecule has 3 nitrogen and oxygen atoms in total. The van der Waals surface area contributed by atoms with Gasteiger partial charge in [0.25, 0.3) is 0 Å². The minimum absolute atomic E-state index is 0.00979. The van der Waals surface area contributed by atoms with Crippen LogP contribution in [-0.2, 0) is 4.79 Å². The molecule has 1 saturated heterocycles. The van der Waals surface area contributed by atoms with Crippen LogP contribution in [0.1, 0.15) is 36.4 Å². The molecule has 0 N–H and O–H groups in total. The Morgan fingerprint density at radius 1 is 1.00 bits per heavy atom. The Balaban J connectivity index is 0.000000330. The Kier molecular flexibility index (Phi) is 8.27. The number of rotatable bonds is 4. The Morgan fingerprint density at radius 3 is 2.26 bits per heavy atom. The van der Waals surface area contributed by atoms with Crippen LogP contribution in [0.5, 0.6) is 0 Å². The molecule has 160 valence electrons. The molecule has 2 atom stereocenters. The van der Waals surface area contributed by atoms with Crippen molar-refractivity contribution in [2.24, 2.45) is 5.92 Å². The number of halogens is 2. The number of aromatic nitrogens is 1. The first-order chi connectivity index (χ1) is 15.0. The zero-order valence-electron chi connectivity index (χ0n) is 17.5. The van der Waals surface area contributed by atoms with E-state index < -0.39 is 0 Å². The number of carbonyl (C=O) groups is 1. The van der Waals surface area contributed by atoms with Crippen LogP contribution in [0, 0.1) is 12.8 Å². The van der Waals surface area contributed by atoms with Crippen molar-refractivity contribution in [2.75, 3.05) is 4.90 Å². The Morgan fingerprint density at radius 2 is 1.68 bits per heavy atom. The van der Waals surface area contributed by atoms with Crippen molar-refractivity contribution in [1.82, 2.24) is 4.98 Å². The summed E-state index contributed by atoms with van der Waals surface area (Å²) in [4.78, 5) is 19.5. The molecule has 0 bridgehead atoms. The molecular formula is C26H26Cl2N2O. The van der Waals surface area contributed by atoms with E-state index in [1.165, 1.54) is 0 Å². The summed E-state index contributed by atoms with van der Waals surface area (Å²) in [6.07, 6.45) is 6.04. The molecule has 4 rings (SSSR count). The topological polar surface area (TPSA) is 33.2 Å². The number of anilines is 1. The summed E-state index contributed by atoms with van der Waals surface area (Å²) in [5.41, 5.74) is 2.10. The van der Waals surface area contributed by atoms with Crippen LogP contribution in [0.25, 0.3) is 0 Å². The lowest BCUT2D eigenvalue weighted by Gasteiger charge is -2.39. The first-order valence-electron chi connectivity index (χ1n) is 10.3. The first-order valence-corrected chi connectivity index (χ1v) is 11.1. The second kappa shape index (κ2) is 11.1. The molecule has 1 unspecified atom stereocenters. The first kappa shape index (κ1) is 23.1. The number of benzene rings is 2. The van der Waals surface area contributed by atoms with E-state index in [1.54, 1.807) is 6.20 Å². The summed E-state index contributed by atoms with van der Waals surface area (Å²) in [5.74, 6) is 0.853. The number of aryl methyl sites for hydroxylation is 1. The van der Waals surface area contributed by atoms with Crippen molar-refractivity contribution >= 4 is 34.9 Å². The number of allylic oxidation sites excluding steroid dienone is 1. The second-order valence-electron chi connectivity index (χ2n) is 7.51. The normalized spacial score (nSPS) is 18.2. The molecule has 5 heteroatoms. The van der Waals surface area contributed by atoms with E-state index >= 15 is 0 Å². The van der Waals surface area contributed by atoms with Crippen molar-refractivity contribution < 1.29 is 4.79 Å². The van der Waals surface area contributed by atoms with Crippen LogP contribution in [0.2, 0.25) is 10.0 Å². The number of piperidine rings is 1. The molecule has 1 aliphatic rings. The van der Waals surface area contributed by atoms with Gasteiger partial charge in [0, 0.05) is 22.2 Å². The van der Waals surface area contributed by atoms with E-state index in [4.69, 9.17) is 23.2 Å². The average Bonchev–Trinajstić information content (AvgIpc) is 2.77. The molecule has 0 saturated carbocycles. The summed E-state index contributed by atoms with van der Waals surface area (Å²) in [7, 11) is 0. The summed E-state index contributed by atoms with van der Waals surface area (Å²) in [6, 6.07) is 21.1. The summed E-state index contributed by atoms with van der Waals surface area (Å²) < 4.78 is 0. The van der Waals surface area contributed by atoms with Gasteiger partial charge < -0.3 is 0 Å². The molecular weight excluding hydrogens is 427 g/mol. The van der Waals surface area contributed by atoms with E-state index in [1.807, 2.05) is 84.6 Å². The van der Waals surface area contributed by atoms with Crippen molar-refractivity contribution in [3.8, 4) is 0 Å². The summed E-state index contributed by atoms with van der Waals surface area (Å²) in [6.45, 7) is 5.78. The van der Waals surface area contributed by atoms with E-state index in [2.05, 4.69) is 11.6 Å². The highest BCUT2D eigenvalue weighted by atomic mass is 35.5. The molecule has 1 aliphatic heterocycles. The highest BCUT2D eigenvalue weighted by Crippen LogP contribution is 2.39. The lowest BCUT2D eigenvalue weighted by Crippen LogP contribution is -2.44. The van der Waals surface area contributed by atoms with Gasteiger partial charge in [0.05, 0.1) is 6.04 Å². The fourth-order valence-electron chi connectivity index (χ4n) is 3.78. The van der Waals surface area contributed by atoms with Crippen molar-refractivity contribution in [1.29, 1.82) is 0 Å². The lowest BCUT2D eigenvalue weighted by molar-refractivity contribution is -0.124. The molecule has 1 fully saturated rings. The van der Waals surface area contributed by atoms with E-state index in [-0.39, 0.29) is 17.9 Å². The standard InChI is InChI=1S/C20H21ClN2O.C6H5Cl/c1-3-5-16-9-12-18(15-7-10-17(21)11-8-15)23(20(16)24)19-14(2)6-4-13-22-19;7-6-4-2-1-3-5-6/h3-4,6-8,10-11,13,16,18H,1,5,9,12H2,2H3;1-5H/t16?,18-;/m0./s1. The highest BCUT2D eigenvalue weighted by molar-refractivity contribution is 6.30. The smallest absolute Gasteiger partial charge is 0.232 e. The zero-order valence-corrected chi connectivity index (χ0v) is 19.1. The third kappa shape index (κ3) is 5.96. The average molecular weight is 453 g/mol. The van der Waals surface area contributed by atoms with Crippen LogP contribution >= 0.6 is 23.2 Å². The molecule has 0 aliphatic carbocycles. The third-order valence-corrected chi connectivity index (χ3v) is 5.84. The Labute approximate surface area is 194 Å². The number of carbonyl (C=O) groups excluding carboxylic acids is 1. The largest absolute Gasteiger partial charge is 0.289 e. The molecule has 31 heavy (non-hydrogen) atoms. The maximum atomic E-state index is 13.1. The minimum Gasteiger partial charge on any atom is -0.289 e. The van der Waals surface area contributed by atoms with Crippen molar-refractivity contribution in [3.05, 3.63) is 107 Å². The Hall–Kier alpha value is -2.62. The quantitative estimate of drug-likeness (QED) is 0.385. The number of pyridine rings is 1. The number of hydrogen-bond donors (Lipinski definition) is 0. The van der Waals surface area contributed by atoms with Gasteiger partial charge in [-0.3, -0.25) is 9.69 Å². The monoisotopic (exact) mass is 452 g/mol. The van der Waals surface area contributed by atoms with Gasteiger partial charge in [-0.05, 0) is 67.6 Å². The number of amides is 1. The van der Waals surface area contributed by atoms with Gasteiger partial charge in [-0.1, -0.05) is 65.7 Å². The van der Waals surface area contributed by atoms with Crippen LogP contribution in [0.4, 0.5) is 5.82 Å². The van der Waals surface area contributed by atoms with Crippen LogP contribution in [-0.4, -0.2) is 10.9 Å². The third-order valence-electron chi connectivity index (χ3n) is 5.34. The van der Waals surface area contributed by atoms with Crippen molar-refractivity contribution in [2.45, 2.75) is 32.2 Å². The maximum absolute atomic E-state index is 13.1. The van der Waals surface area contributed by atoms with Crippen LogP contribution in [0.3, 0.4) is 0 Å². The Bertz CT molecular complexity index is 1010. The fraction of sp³-hybridized carbons (Fsp3) is 0.231. The van der Waals surface area contributed by atoms with E-state index in [9.17, 15) is 4.79 Å². The van der Waals surface area contributed by atoms with Gasteiger partial charge >= 0.3 is 0 Å². The minimum atomic E-state index is -0.0209. The molecule has 0 spiro atoms. The van der Waals surface area contributed by atoms with E-state index in [0.29, 0.717) is 11.4 Å². The predicted octanol–water partition coefficient (Wildman–Crippen LogP) is 7.44. The van der Waals surface area contributed by atoms with Gasteiger partial charge in [-0.2, -0.15) is 0 Å². The van der Waals surface area contributed by atoms with Crippen LogP contribution in [0.15, 0.2) is 85.6 Å². The van der Waals surface area contributed by atoms with Gasteiger partial charge in [-0.25, -0.2) is 4.98 Å². The zero-order chi connectivity index (χ0) is 22.2. The summed E-state index contributed by atoms with van der Waals surface area (Å²) >= 11 is 11.6. The molecule has 1 aromatic heterocycles. The van der Waals surface area contributed by atoms with Gasteiger partial charge in [-0.15, -0.1) is 6.58 Å². The fourth-order valence-corrected chi connectivity index (χ4v) is 4.05. The number of hydrogen-bond acceptors (Lipinski definition) is 2. The SMILES string of the molecule is C=CCC1CC[C@@H](c2ccc(Cl)cc2)N(c2ncccc2C)C1=O.Clc1ccccc1. The predicted molar refractivity (Wildman–Crippen MR) is 130 cm³/mol. The van der Waals surface area contributed by atoms with Gasteiger partial charge in [0.1, 0.15) is 5.82 Å². The van der Waals surface area contributed by atoms with Gasteiger partial charge in [0.2, 0.25) is 5.91 Å². The molecule has 2 aromatic carbocycles. The van der Waals surface area contributed by atoms with Crippen molar-refractivity contribution in [3.63, 3.8) is 0 Å². The van der Waals surface area contributed by atoms with E-state index in [0.717, 1.165) is 34.8 Å². The van der Waals surface area contributed by atoms with Crippen LogP contribution < -0.4 is 4.90 Å². The number of nitrogens with zero attached hydrogens (tertiary/aromatic N) is 2. The highest BCUT2D eigenvalue weighted by Gasteiger charge is 2.37. The molecule has 3 aromatic rings. The lowest BCUT2D eigenvalue weighted by atomic mass is 9.86. The molecule has 2 heterocycles. The second-order valence-corrected chi connectivity index (χ2v) is 8.39. The molecule has 1 amide bonds. The van der Waals surface area contributed by atoms with Gasteiger partial charge in [0.15, 0.2) is 0 Å².